The zero-order valence-corrected chi connectivity index (χ0v) is 13.9. The van der Waals surface area contributed by atoms with E-state index >= 15 is 0 Å². The number of hydrogen-bond acceptors (Lipinski definition) is 4. The quantitative estimate of drug-likeness (QED) is 0.926. The van der Waals surface area contributed by atoms with Crippen molar-refractivity contribution in [1.82, 2.24) is 4.98 Å². The van der Waals surface area contributed by atoms with Gasteiger partial charge in [0.1, 0.15) is 4.88 Å². The molecule has 116 valence electrons. The van der Waals surface area contributed by atoms with Crippen molar-refractivity contribution in [2.24, 2.45) is 0 Å². The Labute approximate surface area is 134 Å². The van der Waals surface area contributed by atoms with Crippen molar-refractivity contribution in [2.75, 3.05) is 18.1 Å². The van der Waals surface area contributed by atoms with E-state index in [2.05, 4.69) is 25.8 Å². The molecule has 2 aromatic rings. The molecule has 0 saturated carbocycles. The molecule has 0 fully saturated rings. The number of nitrogens with zero attached hydrogens (tertiary/aromatic N) is 2. The number of fused-ring (bicyclic) bond motifs is 1. The van der Waals surface area contributed by atoms with Gasteiger partial charge >= 0.3 is 0 Å². The predicted octanol–water partition coefficient (Wildman–Crippen LogP) is 3.18. The monoisotopic (exact) mass is 316 g/mol. The van der Waals surface area contributed by atoms with Crippen LogP contribution in [-0.4, -0.2) is 29.1 Å². The molecule has 1 N–H and O–H groups in total. The van der Waals surface area contributed by atoms with Crippen LogP contribution in [0, 0.1) is 0 Å². The van der Waals surface area contributed by atoms with E-state index in [4.69, 9.17) is 0 Å². The van der Waals surface area contributed by atoms with Gasteiger partial charge in [-0.15, -0.1) is 11.3 Å². The molecule has 1 aromatic heterocycles. The van der Waals surface area contributed by atoms with Crippen molar-refractivity contribution in [2.45, 2.75) is 32.1 Å². The van der Waals surface area contributed by atoms with Crippen molar-refractivity contribution >= 4 is 22.9 Å². The Kier molecular flexibility index (Phi) is 3.78. The lowest BCUT2D eigenvalue weighted by atomic mass is 9.91. The van der Waals surface area contributed by atoms with E-state index in [1.54, 1.807) is 10.4 Å². The molecule has 0 spiro atoms. The van der Waals surface area contributed by atoms with E-state index in [1.807, 2.05) is 24.3 Å². The maximum absolute atomic E-state index is 13.0. The van der Waals surface area contributed by atoms with Crippen molar-refractivity contribution in [3.8, 4) is 0 Å². The Balaban J connectivity index is 2.00. The highest BCUT2D eigenvalue weighted by Gasteiger charge is 2.35. The van der Waals surface area contributed by atoms with Crippen molar-refractivity contribution in [3.05, 3.63) is 45.9 Å². The third-order valence-corrected chi connectivity index (χ3v) is 4.82. The van der Waals surface area contributed by atoms with Gasteiger partial charge in [-0.1, -0.05) is 39.0 Å². The number of hydrogen-bond donors (Lipinski definition) is 1. The number of rotatable bonds is 2. The highest BCUT2D eigenvalue weighted by atomic mass is 32.1. The Hall–Kier alpha value is -1.72. The topological polar surface area (TPSA) is 53.4 Å². The van der Waals surface area contributed by atoms with E-state index in [-0.39, 0.29) is 23.8 Å². The number of thiazole rings is 1. The van der Waals surface area contributed by atoms with Crippen LogP contribution in [0.4, 0.5) is 5.69 Å². The molecule has 22 heavy (non-hydrogen) atoms. The second-order valence-corrected chi connectivity index (χ2v) is 7.49. The minimum absolute atomic E-state index is 0.00819. The fourth-order valence-electron chi connectivity index (χ4n) is 2.90. The molecule has 4 nitrogen and oxygen atoms in total. The van der Waals surface area contributed by atoms with Crippen LogP contribution in [0.25, 0.3) is 0 Å². The van der Waals surface area contributed by atoms with Gasteiger partial charge < -0.3 is 10.0 Å². The van der Waals surface area contributed by atoms with Crippen LogP contribution >= 0.6 is 11.3 Å². The number of benzene rings is 1. The number of para-hydroxylation sites is 1. The summed E-state index contributed by atoms with van der Waals surface area (Å²) in [6.45, 7) is 6.76. The number of aliphatic hydroxyl groups is 1. The molecule has 1 unspecified atom stereocenters. The maximum atomic E-state index is 13.0. The van der Waals surface area contributed by atoms with Crippen LogP contribution in [0.2, 0.25) is 0 Å². The second-order valence-electron chi connectivity index (χ2n) is 6.63. The molecule has 5 heteroatoms. The van der Waals surface area contributed by atoms with Gasteiger partial charge in [-0.05, 0) is 11.6 Å². The van der Waals surface area contributed by atoms with Crippen molar-refractivity contribution in [1.29, 1.82) is 0 Å². The number of aliphatic hydroxyl groups excluding tert-OH is 1. The van der Waals surface area contributed by atoms with Gasteiger partial charge in [0.15, 0.2) is 0 Å². The number of anilines is 1. The molecule has 0 bridgehead atoms. The summed E-state index contributed by atoms with van der Waals surface area (Å²) >= 11 is 1.39. The summed E-state index contributed by atoms with van der Waals surface area (Å²) < 4.78 is 0. The average Bonchev–Trinajstić information content (AvgIpc) is 3.11. The molecule has 2 heterocycles. The van der Waals surface area contributed by atoms with E-state index in [0.29, 0.717) is 11.4 Å². The molecule has 1 atom stereocenters. The van der Waals surface area contributed by atoms with Crippen molar-refractivity contribution in [3.63, 3.8) is 0 Å². The van der Waals surface area contributed by atoms with E-state index < -0.39 is 0 Å². The molecule has 1 aliphatic rings. The van der Waals surface area contributed by atoms with Crippen LogP contribution in [0.15, 0.2) is 29.8 Å². The Morgan fingerprint density at radius 3 is 2.82 bits per heavy atom. The first-order chi connectivity index (χ1) is 10.4. The van der Waals surface area contributed by atoms with Crippen LogP contribution in [0.3, 0.4) is 0 Å². The second kappa shape index (κ2) is 5.48. The number of amides is 1. The minimum atomic E-state index is -0.166. The SMILES string of the molecule is CC(C)(C)c1ncsc1C(=O)N1CC(CO)c2ccccc21. The summed E-state index contributed by atoms with van der Waals surface area (Å²) in [6.07, 6.45) is 0. The number of carbonyl (C=O) groups excluding carboxylic acids is 1. The fourth-order valence-corrected chi connectivity index (χ4v) is 3.84. The van der Waals surface area contributed by atoms with Gasteiger partial charge in [0, 0.05) is 23.6 Å². The largest absolute Gasteiger partial charge is 0.396 e. The third-order valence-electron chi connectivity index (χ3n) is 4.01. The molecule has 1 amide bonds. The summed E-state index contributed by atoms with van der Waals surface area (Å²) in [6, 6.07) is 7.81. The van der Waals surface area contributed by atoms with Crippen LogP contribution in [0.5, 0.6) is 0 Å². The standard InChI is InChI=1S/C17H20N2O2S/c1-17(2,3)15-14(22-10-18-15)16(21)19-8-11(9-20)12-6-4-5-7-13(12)19/h4-7,10-11,20H,8-9H2,1-3H3. The molecular formula is C17H20N2O2S. The molecule has 1 aliphatic heterocycles. The van der Waals surface area contributed by atoms with Gasteiger partial charge in [0.2, 0.25) is 0 Å². The highest BCUT2D eigenvalue weighted by Crippen LogP contribution is 2.38. The molecule has 1 aromatic carbocycles. The predicted molar refractivity (Wildman–Crippen MR) is 88.8 cm³/mol. The Morgan fingerprint density at radius 2 is 2.14 bits per heavy atom. The van der Waals surface area contributed by atoms with Gasteiger partial charge in [-0.25, -0.2) is 4.98 Å². The van der Waals surface area contributed by atoms with Crippen LogP contribution < -0.4 is 4.90 Å². The van der Waals surface area contributed by atoms with Crippen molar-refractivity contribution < 1.29 is 9.90 Å². The lowest BCUT2D eigenvalue weighted by molar-refractivity contribution is 0.0988. The van der Waals surface area contributed by atoms with Gasteiger partial charge in [-0.2, -0.15) is 0 Å². The highest BCUT2D eigenvalue weighted by molar-refractivity contribution is 7.12. The molecule has 0 radical (unpaired) electrons. The average molecular weight is 316 g/mol. The number of carbonyl (C=O) groups is 1. The van der Waals surface area contributed by atoms with E-state index in [1.165, 1.54) is 11.3 Å². The first-order valence-corrected chi connectivity index (χ1v) is 8.27. The fraction of sp³-hybridized carbons (Fsp3) is 0.412. The summed E-state index contributed by atoms with van der Waals surface area (Å²) in [7, 11) is 0. The summed E-state index contributed by atoms with van der Waals surface area (Å²) in [5, 5.41) is 9.58. The molecular weight excluding hydrogens is 296 g/mol. The Bertz CT molecular complexity index is 703. The van der Waals surface area contributed by atoms with Gasteiger partial charge in [0.25, 0.3) is 5.91 Å². The lowest BCUT2D eigenvalue weighted by Gasteiger charge is -2.21. The first-order valence-electron chi connectivity index (χ1n) is 7.39. The minimum Gasteiger partial charge on any atom is -0.396 e. The zero-order chi connectivity index (χ0) is 15.9. The van der Waals surface area contributed by atoms with Crippen LogP contribution in [0.1, 0.15) is 47.6 Å². The lowest BCUT2D eigenvalue weighted by Crippen LogP contribution is -2.31. The van der Waals surface area contributed by atoms with E-state index in [0.717, 1.165) is 16.9 Å². The molecule has 3 rings (SSSR count). The summed E-state index contributed by atoms with van der Waals surface area (Å²) in [5.41, 5.74) is 4.35. The van der Waals surface area contributed by atoms with E-state index in [9.17, 15) is 9.90 Å². The molecule has 0 aliphatic carbocycles. The first kappa shape index (κ1) is 15.2. The van der Waals surface area contributed by atoms with Gasteiger partial charge in [0.05, 0.1) is 17.8 Å². The third kappa shape index (κ3) is 2.44. The smallest absolute Gasteiger partial charge is 0.270 e. The number of aromatic nitrogens is 1. The van der Waals surface area contributed by atoms with Gasteiger partial charge in [-0.3, -0.25) is 4.79 Å². The Morgan fingerprint density at radius 1 is 1.41 bits per heavy atom. The maximum Gasteiger partial charge on any atom is 0.270 e. The summed E-state index contributed by atoms with van der Waals surface area (Å²) in [5.74, 6) is -0.0259. The normalized spacial score (nSPS) is 17.6. The zero-order valence-electron chi connectivity index (χ0n) is 13.0. The molecule has 0 saturated heterocycles. The summed E-state index contributed by atoms with van der Waals surface area (Å²) in [4.78, 5) is 19.9. The van der Waals surface area contributed by atoms with Crippen LogP contribution in [-0.2, 0) is 5.41 Å².